The standard InChI is InChI=1S/C13H13F2N5O3/c1-23-13(22)18-11-6-17-20(19-11)7-12(21)16-5-8-9(14)3-2-4-10(8)15/h2-4,6H,5,7H2,1H3,(H,16,21)(H,18,19,22). The van der Waals surface area contributed by atoms with Gasteiger partial charge in [0, 0.05) is 12.1 Å². The summed E-state index contributed by atoms with van der Waals surface area (Å²) in [6, 6.07) is 3.44. The normalized spacial score (nSPS) is 10.2. The lowest BCUT2D eigenvalue weighted by molar-refractivity contribution is -0.122. The van der Waals surface area contributed by atoms with E-state index in [0.29, 0.717) is 0 Å². The Kier molecular flexibility index (Phi) is 5.18. The second-order valence-electron chi connectivity index (χ2n) is 4.35. The Morgan fingerprint density at radius 3 is 2.65 bits per heavy atom. The van der Waals surface area contributed by atoms with Crippen LogP contribution in [0.3, 0.4) is 0 Å². The van der Waals surface area contributed by atoms with E-state index in [-0.39, 0.29) is 24.5 Å². The van der Waals surface area contributed by atoms with Gasteiger partial charge in [-0.1, -0.05) is 6.07 Å². The van der Waals surface area contributed by atoms with Gasteiger partial charge in [0.05, 0.1) is 13.3 Å². The summed E-state index contributed by atoms with van der Waals surface area (Å²) in [6.07, 6.45) is 0.498. The molecule has 0 bridgehead atoms. The number of halogens is 2. The number of anilines is 1. The van der Waals surface area contributed by atoms with Crippen LogP contribution >= 0.6 is 0 Å². The minimum absolute atomic E-state index is 0.102. The summed E-state index contributed by atoms with van der Waals surface area (Å²) in [6.45, 7) is -0.579. The van der Waals surface area contributed by atoms with Gasteiger partial charge >= 0.3 is 6.09 Å². The molecule has 23 heavy (non-hydrogen) atoms. The van der Waals surface area contributed by atoms with Crippen LogP contribution in [0.2, 0.25) is 0 Å². The number of benzene rings is 1. The second-order valence-corrected chi connectivity index (χ2v) is 4.35. The van der Waals surface area contributed by atoms with Crippen molar-refractivity contribution in [2.24, 2.45) is 0 Å². The molecule has 0 atom stereocenters. The van der Waals surface area contributed by atoms with E-state index in [1.165, 1.54) is 19.4 Å². The van der Waals surface area contributed by atoms with Crippen LogP contribution in [0, 0.1) is 11.6 Å². The van der Waals surface area contributed by atoms with Crippen molar-refractivity contribution in [2.45, 2.75) is 13.1 Å². The van der Waals surface area contributed by atoms with Crippen LogP contribution in [-0.2, 0) is 22.6 Å². The maximum absolute atomic E-state index is 13.4. The fraction of sp³-hybridized carbons (Fsp3) is 0.231. The van der Waals surface area contributed by atoms with Crippen molar-refractivity contribution < 1.29 is 23.1 Å². The van der Waals surface area contributed by atoms with Gasteiger partial charge in [-0.15, -0.1) is 5.10 Å². The number of nitrogens with one attached hydrogen (secondary N) is 2. The van der Waals surface area contributed by atoms with Crippen LogP contribution in [-0.4, -0.2) is 34.1 Å². The maximum atomic E-state index is 13.4. The van der Waals surface area contributed by atoms with E-state index in [4.69, 9.17) is 0 Å². The van der Waals surface area contributed by atoms with Gasteiger partial charge in [0.15, 0.2) is 5.82 Å². The Morgan fingerprint density at radius 2 is 2.00 bits per heavy atom. The molecule has 0 unspecified atom stereocenters. The van der Waals surface area contributed by atoms with E-state index >= 15 is 0 Å². The van der Waals surface area contributed by atoms with E-state index in [1.807, 2.05) is 0 Å². The molecule has 2 amide bonds. The fourth-order valence-electron chi connectivity index (χ4n) is 1.66. The van der Waals surface area contributed by atoms with Crippen LogP contribution in [0.4, 0.5) is 19.4 Å². The smallest absolute Gasteiger partial charge is 0.412 e. The average molecular weight is 325 g/mol. The highest BCUT2D eigenvalue weighted by Gasteiger charge is 2.12. The molecule has 0 saturated carbocycles. The van der Waals surface area contributed by atoms with Crippen molar-refractivity contribution in [1.29, 1.82) is 0 Å². The van der Waals surface area contributed by atoms with Crippen LogP contribution in [0.5, 0.6) is 0 Å². The average Bonchev–Trinajstić information content (AvgIpc) is 2.93. The van der Waals surface area contributed by atoms with Gasteiger partial charge in [-0.3, -0.25) is 10.1 Å². The summed E-state index contributed by atoms with van der Waals surface area (Å²) < 4.78 is 31.2. The second kappa shape index (κ2) is 7.29. The van der Waals surface area contributed by atoms with Gasteiger partial charge in [-0.2, -0.15) is 9.90 Å². The number of hydrogen-bond acceptors (Lipinski definition) is 5. The first-order valence-electron chi connectivity index (χ1n) is 6.44. The number of aromatic nitrogens is 3. The third-order valence-corrected chi connectivity index (χ3v) is 2.76. The van der Waals surface area contributed by atoms with Crippen molar-refractivity contribution in [3.8, 4) is 0 Å². The number of carbonyl (C=O) groups excluding carboxylic acids is 2. The largest absolute Gasteiger partial charge is 0.453 e. The van der Waals surface area contributed by atoms with Crippen LogP contribution < -0.4 is 10.6 Å². The molecule has 0 aliphatic carbocycles. The van der Waals surface area contributed by atoms with E-state index in [2.05, 4.69) is 25.6 Å². The zero-order valence-electron chi connectivity index (χ0n) is 12.0. The number of hydrogen-bond donors (Lipinski definition) is 2. The van der Waals surface area contributed by atoms with Gasteiger partial charge in [0.2, 0.25) is 5.91 Å². The molecule has 0 fully saturated rings. The van der Waals surface area contributed by atoms with Crippen molar-refractivity contribution in [2.75, 3.05) is 12.4 Å². The number of nitrogens with zero attached hydrogens (tertiary/aromatic N) is 3. The van der Waals surface area contributed by atoms with E-state index in [1.54, 1.807) is 0 Å². The molecule has 2 N–H and O–H groups in total. The number of methoxy groups -OCH3 is 1. The first-order chi connectivity index (χ1) is 11.0. The molecule has 1 aromatic heterocycles. The summed E-state index contributed by atoms with van der Waals surface area (Å²) in [5, 5.41) is 12.2. The van der Waals surface area contributed by atoms with Gasteiger partial charge in [0.1, 0.15) is 18.2 Å². The predicted molar refractivity (Wildman–Crippen MR) is 74.3 cm³/mol. The van der Waals surface area contributed by atoms with Crippen molar-refractivity contribution in [3.05, 3.63) is 41.6 Å². The molecule has 0 aliphatic rings. The molecular weight excluding hydrogens is 312 g/mol. The lowest BCUT2D eigenvalue weighted by atomic mass is 10.2. The molecule has 0 spiro atoms. The van der Waals surface area contributed by atoms with E-state index < -0.39 is 23.6 Å². The summed E-state index contributed by atoms with van der Waals surface area (Å²) >= 11 is 0. The van der Waals surface area contributed by atoms with Gasteiger partial charge < -0.3 is 10.1 Å². The molecule has 2 aromatic rings. The molecule has 0 saturated heterocycles. The van der Waals surface area contributed by atoms with Crippen molar-refractivity contribution >= 4 is 17.8 Å². The zero-order chi connectivity index (χ0) is 16.8. The molecule has 10 heteroatoms. The highest BCUT2D eigenvalue weighted by atomic mass is 19.1. The molecule has 2 rings (SSSR count). The lowest BCUT2D eigenvalue weighted by Crippen LogP contribution is -2.28. The lowest BCUT2D eigenvalue weighted by Gasteiger charge is -2.07. The summed E-state index contributed by atoms with van der Waals surface area (Å²) in [7, 11) is 1.19. The molecule has 1 heterocycles. The van der Waals surface area contributed by atoms with Gasteiger partial charge in [-0.05, 0) is 12.1 Å². The topological polar surface area (TPSA) is 98.1 Å². The number of rotatable bonds is 5. The van der Waals surface area contributed by atoms with Crippen molar-refractivity contribution in [3.63, 3.8) is 0 Å². The first-order valence-corrected chi connectivity index (χ1v) is 6.44. The zero-order valence-corrected chi connectivity index (χ0v) is 12.0. The molecule has 122 valence electrons. The number of carbonyl (C=O) groups is 2. The highest BCUT2D eigenvalue weighted by molar-refractivity contribution is 5.82. The molecule has 0 radical (unpaired) electrons. The molecular formula is C13H13F2N5O3. The monoisotopic (exact) mass is 325 g/mol. The predicted octanol–water partition coefficient (Wildman–Crippen LogP) is 1.05. The minimum atomic E-state index is -0.743. The quantitative estimate of drug-likeness (QED) is 0.856. The highest BCUT2D eigenvalue weighted by Crippen LogP contribution is 2.11. The SMILES string of the molecule is COC(=O)Nc1cnn(CC(=O)NCc2c(F)cccc2F)n1. The third kappa shape index (κ3) is 4.46. The van der Waals surface area contributed by atoms with Crippen LogP contribution in [0.25, 0.3) is 0 Å². The minimum Gasteiger partial charge on any atom is -0.453 e. The number of ether oxygens (including phenoxy) is 1. The van der Waals surface area contributed by atoms with Crippen LogP contribution in [0.15, 0.2) is 24.4 Å². The Balaban J connectivity index is 1.89. The van der Waals surface area contributed by atoms with Crippen molar-refractivity contribution in [1.82, 2.24) is 20.3 Å². The molecule has 8 nitrogen and oxygen atoms in total. The van der Waals surface area contributed by atoms with E-state index in [9.17, 15) is 18.4 Å². The Morgan fingerprint density at radius 1 is 1.30 bits per heavy atom. The van der Waals surface area contributed by atoms with Crippen LogP contribution in [0.1, 0.15) is 5.56 Å². The van der Waals surface area contributed by atoms with E-state index in [0.717, 1.165) is 16.9 Å². The first kappa shape index (κ1) is 16.3. The third-order valence-electron chi connectivity index (χ3n) is 2.76. The Hall–Kier alpha value is -3.04. The molecule has 0 aliphatic heterocycles. The number of amides is 2. The summed E-state index contributed by atoms with van der Waals surface area (Å²) in [5.41, 5.74) is -0.234. The summed E-state index contributed by atoms with van der Waals surface area (Å²) in [5.74, 6) is -1.93. The van der Waals surface area contributed by atoms with Gasteiger partial charge in [0.25, 0.3) is 0 Å². The summed E-state index contributed by atoms with van der Waals surface area (Å²) in [4.78, 5) is 23.7. The maximum Gasteiger partial charge on any atom is 0.412 e. The van der Waals surface area contributed by atoms with Gasteiger partial charge in [-0.25, -0.2) is 13.6 Å². The Labute approximate surface area is 129 Å². The molecule has 1 aromatic carbocycles. The Bertz CT molecular complexity index is 699. The fourth-order valence-corrected chi connectivity index (χ4v) is 1.66.